The largest absolute Gasteiger partial charge is 0.495 e. The summed E-state index contributed by atoms with van der Waals surface area (Å²) in [6, 6.07) is 18.7. The number of benzene rings is 3. The molecule has 0 fully saturated rings. The molecule has 0 unspecified atom stereocenters. The Kier molecular flexibility index (Phi) is 7.27. The highest BCUT2D eigenvalue weighted by atomic mass is 35.5. The molecular formula is C22H20ClFN2O4S. The van der Waals surface area contributed by atoms with E-state index in [1.165, 1.54) is 43.5 Å². The second kappa shape index (κ2) is 9.91. The lowest BCUT2D eigenvalue weighted by molar-refractivity contribution is -0.116. The third kappa shape index (κ3) is 5.61. The minimum absolute atomic E-state index is 0.0371. The highest BCUT2D eigenvalue weighted by Gasteiger charge is 2.30. The van der Waals surface area contributed by atoms with Crippen molar-refractivity contribution in [3.05, 3.63) is 89.2 Å². The molecule has 3 aromatic rings. The summed E-state index contributed by atoms with van der Waals surface area (Å²) in [5, 5.41) is 2.62. The number of sulfonamides is 1. The van der Waals surface area contributed by atoms with Crippen LogP contribution in [0.3, 0.4) is 0 Å². The van der Waals surface area contributed by atoms with Gasteiger partial charge in [-0.05, 0) is 35.9 Å². The van der Waals surface area contributed by atoms with E-state index in [0.29, 0.717) is 5.56 Å². The van der Waals surface area contributed by atoms with Gasteiger partial charge in [0.25, 0.3) is 0 Å². The number of methoxy groups -OCH3 is 1. The van der Waals surface area contributed by atoms with E-state index in [-0.39, 0.29) is 27.9 Å². The van der Waals surface area contributed by atoms with Gasteiger partial charge >= 0.3 is 0 Å². The number of para-hydroxylation sites is 1. The number of carbonyl (C=O) groups excluding carboxylic acids is 1. The van der Waals surface area contributed by atoms with Crippen LogP contribution in [0, 0.1) is 5.82 Å². The third-order valence-electron chi connectivity index (χ3n) is 4.41. The number of hydrogen-bond acceptors (Lipinski definition) is 4. The molecule has 0 aliphatic carbocycles. The maximum atomic E-state index is 13.9. The van der Waals surface area contributed by atoms with Crippen molar-refractivity contribution in [1.82, 2.24) is 4.31 Å². The summed E-state index contributed by atoms with van der Waals surface area (Å²) < 4.78 is 47.0. The lowest BCUT2D eigenvalue weighted by Gasteiger charge is -2.23. The molecule has 0 aliphatic rings. The monoisotopic (exact) mass is 462 g/mol. The number of carbonyl (C=O) groups is 1. The number of halogens is 2. The van der Waals surface area contributed by atoms with E-state index < -0.39 is 28.3 Å². The number of amides is 1. The lowest BCUT2D eigenvalue weighted by Crippen LogP contribution is -2.37. The molecule has 0 spiro atoms. The van der Waals surface area contributed by atoms with Crippen molar-refractivity contribution in [2.24, 2.45) is 0 Å². The highest BCUT2D eigenvalue weighted by molar-refractivity contribution is 7.89. The zero-order valence-corrected chi connectivity index (χ0v) is 18.2. The van der Waals surface area contributed by atoms with E-state index >= 15 is 0 Å². The number of nitrogens with one attached hydrogen (secondary N) is 1. The fourth-order valence-electron chi connectivity index (χ4n) is 2.92. The Labute approximate surface area is 185 Å². The lowest BCUT2D eigenvalue weighted by atomic mass is 10.2. The van der Waals surface area contributed by atoms with E-state index in [9.17, 15) is 17.6 Å². The molecule has 0 radical (unpaired) electrons. The summed E-state index contributed by atoms with van der Waals surface area (Å²) in [5.41, 5.74) is 0.635. The standard InChI is InChI=1S/C22H20ClFN2O4S/c1-30-20-12-11-17(23)13-21(20)31(28,29)26(14-16-7-3-2-4-8-16)15-22(27)25-19-10-6-5-9-18(19)24/h2-13H,14-15H2,1H3,(H,25,27). The van der Waals surface area contributed by atoms with Gasteiger partial charge in [-0.3, -0.25) is 4.79 Å². The van der Waals surface area contributed by atoms with E-state index in [1.807, 2.05) is 0 Å². The van der Waals surface area contributed by atoms with Crippen molar-refractivity contribution in [3.8, 4) is 5.75 Å². The second-order valence-corrected chi connectivity index (χ2v) is 8.92. The number of rotatable bonds is 8. The van der Waals surface area contributed by atoms with Gasteiger partial charge in [0.1, 0.15) is 16.5 Å². The molecule has 6 nitrogen and oxygen atoms in total. The van der Waals surface area contributed by atoms with Crippen LogP contribution < -0.4 is 10.1 Å². The summed E-state index contributed by atoms with van der Waals surface area (Å²) in [7, 11) is -2.85. The number of anilines is 1. The van der Waals surface area contributed by atoms with Crippen LogP contribution in [-0.4, -0.2) is 32.3 Å². The predicted molar refractivity (Wildman–Crippen MR) is 117 cm³/mol. The first kappa shape index (κ1) is 22.7. The summed E-state index contributed by atoms with van der Waals surface area (Å²) in [4.78, 5) is 12.5. The Morgan fingerprint density at radius 3 is 2.42 bits per heavy atom. The van der Waals surface area contributed by atoms with Crippen LogP contribution in [0.2, 0.25) is 5.02 Å². The Bertz CT molecular complexity index is 1170. The third-order valence-corrected chi connectivity index (χ3v) is 6.46. The van der Waals surface area contributed by atoms with E-state index in [1.54, 1.807) is 36.4 Å². The van der Waals surface area contributed by atoms with Crippen LogP contribution in [0.15, 0.2) is 77.7 Å². The van der Waals surface area contributed by atoms with Crippen LogP contribution in [0.5, 0.6) is 5.75 Å². The maximum absolute atomic E-state index is 13.9. The Hall–Kier alpha value is -2.94. The van der Waals surface area contributed by atoms with Crippen LogP contribution >= 0.6 is 11.6 Å². The summed E-state index contributed by atoms with van der Waals surface area (Å²) in [6.07, 6.45) is 0. The first-order chi connectivity index (χ1) is 14.8. The van der Waals surface area contributed by atoms with Gasteiger partial charge in [-0.1, -0.05) is 54.1 Å². The summed E-state index contributed by atoms with van der Waals surface area (Å²) >= 11 is 6.02. The molecule has 3 rings (SSSR count). The topological polar surface area (TPSA) is 75.7 Å². The quantitative estimate of drug-likeness (QED) is 0.541. The molecule has 0 bridgehead atoms. The molecular weight excluding hydrogens is 443 g/mol. The first-order valence-corrected chi connectivity index (χ1v) is 11.0. The molecule has 162 valence electrons. The minimum Gasteiger partial charge on any atom is -0.495 e. The number of ether oxygens (including phenoxy) is 1. The minimum atomic E-state index is -4.19. The van der Waals surface area contributed by atoms with Crippen molar-refractivity contribution in [1.29, 1.82) is 0 Å². The van der Waals surface area contributed by atoms with Crippen LogP contribution in [-0.2, 0) is 21.4 Å². The molecule has 0 atom stereocenters. The molecule has 1 N–H and O–H groups in total. The molecule has 0 heterocycles. The van der Waals surface area contributed by atoms with Gasteiger partial charge in [-0.2, -0.15) is 4.31 Å². The normalized spacial score (nSPS) is 11.4. The predicted octanol–water partition coefficient (Wildman–Crippen LogP) is 4.32. The smallest absolute Gasteiger partial charge is 0.247 e. The van der Waals surface area contributed by atoms with Gasteiger partial charge in [-0.25, -0.2) is 12.8 Å². The Balaban J connectivity index is 1.95. The van der Waals surface area contributed by atoms with Gasteiger partial charge in [0.15, 0.2) is 0 Å². The van der Waals surface area contributed by atoms with Crippen LogP contribution in [0.25, 0.3) is 0 Å². The maximum Gasteiger partial charge on any atom is 0.247 e. The van der Waals surface area contributed by atoms with Gasteiger partial charge in [-0.15, -0.1) is 0 Å². The van der Waals surface area contributed by atoms with Crippen molar-refractivity contribution >= 4 is 33.2 Å². The van der Waals surface area contributed by atoms with Gasteiger partial charge < -0.3 is 10.1 Å². The highest BCUT2D eigenvalue weighted by Crippen LogP contribution is 2.30. The van der Waals surface area contributed by atoms with E-state index in [2.05, 4.69) is 5.32 Å². The van der Waals surface area contributed by atoms with Crippen LogP contribution in [0.1, 0.15) is 5.56 Å². The van der Waals surface area contributed by atoms with Crippen molar-refractivity contribution < 1.29 is 22.3 Å². The molecule has 31 heavy (non-hydrogen) atoms. The molecule has 3 aromatic carbocycles. The molecule has 1 amide bonds. The average Bonchev–Trinajstić information content (AvgIpc) is 2.75. The van der Waals surface area contributed by atoms with Gasteiger partial charge in [0, 0.05) is 11.6 Å². The van der Waals surface area contributed by atoms with Crippen molar-refractivity contribution in [3.63, 3.8) is 0 Å². The van der Waals surface area contributed by atoms with Gasteiger partial charge in [0.05, 0.1) is 19.3 Å². The fourth-order valence-corrected chi connectivity index (χ4v) is 4.72. The molecule has 0 aliphatic heterocycles. The first-order valence-electron chi connectivity index (χ1n) is 9.23. The summed E-state index contributed by atoms with van der Waals surface area (Å²) in [5.74, 6) is -1.22. The van der Waals surface area contributed by atoms with Gasteiger partial charge in [0.2, 0.25) is 15.9 Å². The molecule has 0 saturated carbocycles. The van der Waals surface area contributed by atoms with Crippen molar-refractivity contribution in [2.45, 2.75) is 11.4 Å². The second-order valence-electron chi connectivity index (χ2n) is 6.58. The number of hydrogen-bond donors (Lipinski definition) is 1. The summed E-state index contributed by atoms with van der Waals surface area (Å²) in [6.45, 7) is -0.620. The van der Waals surface area contributed by atoms with Crippen LogP contribution in [0.4, 0.5) is 10.1 Å². The van der Waals surface area contributed by atoms with E-state index in [4.69, 9.17) is 16.3 Å². The zero-order chi connectivity index (χ0) is 22.4. The SMILES string of the molecule is COc1ccc(Cl)cc1S(=O)(=O)N(CC(=O)Nc1ccccc1F)Cc1ccccc1. The molecule has 9 heteroatoms. The average molecular weight is 463 g/mol. The van der Waals surface area contributed by atoms with Crippen molar-refractivity contribution in [2.75, 3.05) is 19.0 Å². The Morgan fingerprint density at radius 2 is 1.74 bits per heavy atom. The number of nitrogens with zero attached hydrogens (tertiary/aromatic N) is 1. The zero-order valence-electron chi connectivity index (χ0n) is 16.6. The van der Waals surface area contributed by atoms with E-state index in [0.717, 1.165) is 4.31 Å². The fraction of sp³-hybridized carbons (Fsp3) is 0.136. The molecule has 0 saturated heterocycles. The molecule has 0 aromatic heterocycles. The Morgan fingerprint density at radius 1 is 1.06 bits per heavy atom.